The monoisotopic (exact) mass is 287 g/mol. The van der Waals surface area contributed by atoms with Crippen LogP contribution in [-0.2, 0) is 13.1 Å². The van der Waals surface area contributed by atoms with Crippen molar-refractivity contribution in [2.75, 3.05) is 6.61 Å². The minimum absolute atomic E-state index is 0.0933. The molecule has 0 unspecified atom stereocenters. The fourth-order valence-corrected chi connectivity index (χ4v) is 2.03. The first-order chi connectivity index (χ1) is 9.94. The van der Waals surface area contributed by atoms with Gasteiger partial charge in [0.1, 0.15) is 12.4 Å². The molecule has 0 aliphatic carbocycles. The smallest absolute Gasteiger partial charge is 0.123 e. The summed E-state index contributed by atoms with van der Waals surface area (Å²) in [6.07, 6.45) is 3.73. The van der Waals surface area contributed by atoms with Crippen molar-refractivity contribution in [3.8, 4) is 5.75 Å². The van der Waals surface area contributed by atoms with Gasteiger partial charge < -0.3 is 10.1 Å². The SMILES string of the molecule is Cc1ccc(OCCn2cccn2)c(CNC(C)(C)C)c1. The summed E-state index contributed by atoms with van der Waals surface area (Å²) in [5.74, 6) is 0.949. The van der Waals surface area contributed by atoms with Gasteiger partial charge >= 0.3 is 0 Å². The molecule has 4 heteroatoms. The Morgan fingerprint density at radius 3 is 2.76 bits per heavy atom. The molecule has 0 aliphatic rings. The summed E-state index contributed by atoms with van der Waals surface area (Å²) in [6.45, 7) is 10.8. The van der Waals surface area contributed by atoms with E-state index in [-0.39, 0.29) is 5.54 Å². The fourth-order valence-electron chi connectivity index (χ4n) is 2.03. The average Bonchev–Trinajstić information content (AvgIpc) is 2.91. The number of ether oxygens (including phenoxy) is 1. The van der Waals surface area contributed by atoms with Crippen molar-refractivity contribution < 1.29 is 4.74 Å². The number of nitrogens with one attached hydrogen (secondary N) is 1. The Morgan fingerprint density at radius 2 is 2.10 bits per heavy atom. The second kappa shape index (κ2) is 6.76. The number of aromatic nitrogens is 2. The van der Waals surface area contributed by atoms with Gasteiger partial charge in [-0.25, -0.2) is 0 Å². The van der Waals surface area contributed by atoms with Crippen LogP contribution >= 0.6 is 0 Å². The summed E-state index contributed by atoms with van der Waals surface area (Å²) in [7, 11) is 0. The Hall–Kier alpha value is -1.81. The first-order valence-corrected chi connectivity index (χ1v) is 7.39. The van der Waals surface area contributed by atoms with Gasteiger partial charge in [-0.05, 0) is 39.8 Å². The number of rotatable bonds is 6. The summed E-state index contributed by atoms with van der Waals surface area (Å²) in [5, 5.41) is 7.69. The van der Waals surface area contributed by atoms with Crippen LogP contribution < -0.4 is 10.1 Å². The van der Waals surface area contributed by atoms with Gasteiger partial charge in [0.2, 0.25) is 0 Å². The number of hydrogen-bond donors (Lipinski definition) is 1. The molecular weight excluding hydrogens is 262 g/mol. The quantitative estimate of drug-likeness (QED) is 0.887. The van der Waals surface area contributed by atoms with Crippen LogP contribution in [0.1, 0.15) is 31.9 Å². The van der Waals surface area contributed by atoms with E-state index >= 15 is 0 Å². The van der Waals surface area contributed by atoms with E-state index in [4.69, 9.17) is 4.74 Å². The molecule has 0 radical (unpaired) electrons. The Bertz CT molecular complexity index is 556. The Morgan fingerprint density at radius 1 is 1.29 bits per heavy atom. The van der Waals surface area contributed by atoms with E-state index in [0.717, 1.165) is 18.8 Å². The minimum atomic E-state index is 0.0933. The molecule has 21 heavy (non-hydrogen) atoms. The molecule has 0 saturated heterocycles. The molecule has 2 rings (SSSR count). The lowest BCUT2D eigenvalue weighted by Gasteiger charge is -2.22. The first kappa shape index (κ1) is 15.6. The van der Waals surface area contributed by atoms with Crippen LogP contribution in [0.3, 0.4) is 0 Å². The highest BCUT2D eigenvalue weighted by molar-refractivity contribution is 5.37. The zero-order valence-electron chi connectivity index (χ0n) is 13.4. The third-order valence-corrected chi connectivity index (χ3v) is 3.16. The van der Waals surface area contributed by atoms with E-state index in [0.29, 0.717) is 6.61 Å². The molecule has 0 aliphatic heterocycles. The predicted molar refractivity (Wildman–Crippen MR) is 85.5 cm³/mol. The van der Waals surface area contributed by atoms with E-state index < -0.39 is 0 Å². The van der Waals surface area contributed by atoms with Gasteiger partial charge in [0.15, 0.2) is 0 Å². The largest absolute Gasteiger partial charge is 0.491 e. The lowest BCUT2D eigenvalue weighted by atomic mass is 10.1. The Labute approximate surface area is 127 Å². The maximum atomic E-state index is 5.93. The first-order valence-electron chi connectivity index (χ1n) is 7.39. The van der Waals surface area contributed by atoms with Crippen LogP contribution in [0.5, 0.6) is 5.75 Å². The summed E-state index contributed by atoms with van der Waals surface area (Å²) in [4.78, 5) is 0. The van der Waals surface area contributed by atoms with Gasteiger partial charge in [-0.3, -0.25) is 4.68 Å². The highest BCUT2D eigenvalue weighted by Gasteiger charge is 2.11. The number of aryl methyl sites for hydroxylation is 1. The molecular formula is C17H25N3O. The molecule has 1 aromatic heterocycles. The van der Waals surface area contributed by atoms with Crippen molar-refractivity contribution in [3.63, 3.8) is 0 Å². The highest BCUT2D eigenvalue weighted by Crippen LogP contribution is 2.21. The summed E-state index contributed by atoms with van der Waals surface area (Å²) in [6, 6.07) is 8.24. The summed E-state index contributed by atoms with van der Waals surface area (Å²) >= 11 is 0. The fraction of sp³-hybridized carbons (Fsp3) is 0.471. The lowest BCUT2D eigenvalue weighted by Crippen LogP contribution is -2.35. The molecule has 0 amide bonds. The van der Waals surface area contributed by atoms with Crippen molar-refractivity contribution >= 4 is 0 Å². The topological polar surface area (TPSA) is 39.1 Å². The molecule has 1 aromatic carbocycles. The van der Waals surface area contributed by atoms with Crippen LogP contribution in [0.4, 0.5) is 0 Å². The molecule has 114 valence electrons. The third kappa shape index (κ3) is 5.23. The highest BCUT2D eigenvalue weighted by atomic mass is 16.5. The standard InChI is InChI=1S/C17H25N3O/c1-14-6-7-16(15(12-14)13-18-17(2,3)4)21-11-10-20-9-5-8-19-20/h5-9,12,18H,10-11,13H2,1-4H3. The van der Waals surface area contributed by atoms with Crippen molar-refractivity contribution in [1.29, 1.82) is 0 Å². The molecule has 0 saturated carbocycles. The normalized spacial score (nSPS) is 11.6. The van der Waals surface area contributed by atoms with E-state index in [1.165, 1.54) is 11.1 Å². The van der Waals surface area contributed by atoms with Crippen molar-refractivity contribution in [2.45, 2.75) is 46.3 Å². The van der Waals surface area contributed by atoms with E-state index in [1.807, 2.05) is 16.9 Å². The number of hydrogen-bond acceptors (Lipinski definition) is 3. The van der Waals surface area contributed by atoms with Gasteiger partial charge in [-0.2, -0.15) is 5.10 Å². The maximum absolute atomic E-state index is 5.93. The molecule has 1 N–H and O–H groups in total. The van der Waals surface area contributed by atoms with Gasteiger partial charge in [0, 0.05) is 30.0 Å². The summed E-state index contributed by atoms with van der Waals surface area (Å²) in [5.41, 5.74) is 2.54. The van der Waals surface area contributed by atoms with Crippen LogP contribution in [0.2, 0.25) is 0 Å². The van der Waals surface area contributed by atoms with Crippen molar-refractivity contribution in [2.24, 2.45) is 0 Å². The van der Waals surface area contributed by atoms with Crippen LogP contribution in [0.15, 0.2) is 36.7 Å². The maximum Gasteiger partial charge on any atom is 0.123 e. The third-order valence-electron chi connectivity index (χ3n) is 3.16. The van der Waals surface area contributed by atoms with Gasteiger partial charge in [-0.1, -0.05) is 17.7 Å². The Balaban J connectivity index is 1.97. The second-order valence-electron chi connectivity index (χ2n) is 6.33. The number of nitrogens with zero attached hydrogens (tertiary/aromatic N) is 2. The summed E-state index contributed by atoms with van der Waals surface area (Å²) < 4.78 is 7.81. The molecule has 0 spiro atoms. The molecule has 1 heterocycles. The Kier molecular flexibility index (Phi) is 5.02. The zero-order valence-corrected chi connectivity index (χ0v) is 13.4. The molecule has 0 atom stereocenters. The van der Waals surface area contributed by atoms with Gasteiger partial charge in [-0.15, -0.1) is 0 Å². The van der Waals surface area contributed by atoms with Crippen LogP contribution in [0, 0.1) is 6.92 Å². The van der Waals surface area contributed by atoms with Crippen molar-refractivity contribution in [1.82, 2.24) is 15.1 Å². The van der Waals surface area contributed by atoms with E-state index in [9.17, 15) is 0 Å². The molecule has 2 aromatic rings. The second-order valence-corrected chi connectivity index (χ2v) is 6.33. The molecule has 0 bridgehead atoms. The average molecular weight is 287 g/mol. The van der Waals surface area contributed by atoms with Crippen LogP contribution in [0.25, 0.3) is 0 Å². The van der Waals surface area contributed by atoms with Gasteiger partial charge in [0.25, 0.3) is 0 Å². The van der Waals surface area contributed by atoms with E-state index in [2.05, 4.69) is 56.3 Å². The predicted octanol–water partition coefficient (Wildman–Crippen LogP) is 3.16. The lowest BCUT2D eigenvalue weighted by molar-refractivity contribution is 0.286. The molecule has 0 fully saturated rings. The minimum Gasteiger partial charge on any atom is -0.491 e. The van der Waals surface area contributed by atoms with Gasteiger partial charge in [0.05, 0.1) is 6.54 Å². The zero-order chi connectivity index (χ0) is 15.3. The molecule has 4 nitrogen and oxygen atoms in total. The van der Waals surface area contributed by atoms with Crippen molar-refractivity contribution in [3.05, 3.63) is 47.8 Å². The number of benzene rings is 1. The van der Waals surface area contributed by atoms with E-state index in [1.54, 1.807) is 6.20 Å². The van der Waals surface area contributed by atoms with Crippen LogP contribution in [-0.4, -0.2) is 21.9 Å².